The maximum absolute atomic E-state index is 13.0. The first-order chi connectivity index (χ1) is 12.7. The van der Waals surface area contributed by atoms with Crippen molar-refractivity contribution in [2.24, 2.45) is 5.92 Å². The van der Waals surface area contributed by atoms with Gasteiger partial charge in [-0.3, -0.25) is 9.69 Å². The first kappa shape index (κ1) is 17.8. The Kier molecular flexibility index (Phi) is 5.44. The molecule has 0 atom stereocenters. The van der Waals surface area contributed by atoms with Crippen LogP contribution in [0.25, 0.3) is 0 Å². The molecule has 26 heavy (non-hydrogen) atoms. The highest BCUT2D eigenvalue weighted by Crippen LogP contribution is 2.30. The van der Waals surface area contributed by atoms with Gasteiger partial charge in [0.15, 0.2) is 0 Å². The molecule has 0 aromatic heterocycles. The third kappa shape index (κ3) is 4.03. The van der Waals surface area contributed by atoms with Crippen molar-refractivity contribution in [3.8, 4) is 0 Å². The van der Waals surface area contributed by atoms with Crippen LogP contribution in [0, 0.1) is 11.7 Å². The summed E-state index contributed by atoms with van der Waals surface area (Å²) in [6.07, 6.45) is 8.00. The average molecular weight is 359 g/mol. The Labute approximate surface area is 155 Å². The van der Waals surface area contributed by atoms with Crippen molar-refractivity contribution in [2.75, 3.05) is 31.5 Å². The zero-order chi connectivity index (χ0) is 17.9. The van der Waals surface area contributed by atoms with Crippen molar-refractivity contribution in [1.82, 2.24) is 9.80 Å². The molecule has 1 aliphatic heterocycles. The first-order valence-electron chi connectivity index (χ1n) is 10.2. The number of hydrogen-bond acceptors (Lipinski definition) is 3. The largest absolute Gasteiger partial charge is 0.382 e. The fraction of sp³-hybridized carbons (Fsp3) is 0.667. The minimum atomic E-state index is -0.206. The number of benzene rings is 1. The van der Waals surface area contributed by atoms with Gasteiger partial charge in [0.25, 0.3) is 0 Å². The summed E-state index contributed by atoms with van der Waals surface area (Å²) in [5, 5.41) is 3.48. The van der Waals surface area contributed by atoms with Crippen LogP contribution in [-0.4, -0.2) is 54.0 Å². The quantitative estimate of drug-likeness (QED) is 0.894. The normalized spacial score (nSPS) is 27.8. The Hall–Kier alpha value is -1.62. The number of hydrogen-bond donors (Lipinski definition) is 1. The molecular weight excluding hydrogens is 329 g/mol. The van der Waals surface area contributed by atoms with Gasteiger partial charge in [0, 0.05) is 49.9 Å². The predicted molar refractivity (Wildman–Crippen MR) is 102 cm³/mol. The van der Waals surface area contributed by atoms with Crippen LogP contribution < -0.4 is 5.32 Å². The van der Waals surface area contributed by atoms with Gasteiger partial charge >= 0.3 is 0 Å². The van der Waals surface area contributed by atoms with E-state index in [0.29, 0.717) is 11.9 Å². The molecule has 1 aromatic rings. The number of rotatable bonds is 4. The molecule has 1 saturated heterocycles. The number of anilines is 1. The summed E-state index contributed by atoms with van der Waals surface area (Å²) >= 11 is 0. The molecule has 1 N–H and O–H groups in total. The van der Waals surface area contributed by atoms with E-state index in [-0.39, 0.29) is 11.7 Å². The van der Waals surface area contributed by atoms with Gasteiger partial charge in [0.1, 0.15) is 5.82 Å². The number of carbonyl (C=O) groups excluding carboxylic acids is 1. The number of amides is 1. The molecule has 4 nitrogen and oxygen atoms in total. The topological polar surface area (TPSA) is 35.6 Å². The lowest BCUT2D eigenvalue weighted by Crippen LogP contribution is -2.54. The van der Waals surface area contributed by atoms with Gasteiger partial charge in [0.05, 0.1) is 0 Å². The molecule has 0 bridgehead atoms. The fourth-order valence-corrected chi connectivity index (χ4v) is 4.58. The Morgan fingerprint density at radius 3 is 2.15 bits per heavy atom. The molecular formula is C21H30FN3O. The number of carbonyl (C=O) groups is 1. The van der Waals surface area contributed by atoms with Crippen molar-refractivity contribution < 1.29 is 9.18 Å². The van der Waals surface area contributed by atoms with Gasteiger partial charge in [-0.2, -0.15) is 0 Å². The highest BCUT2D eigenvalue weighted by atomic mass is 19.1. The van der Waals surface area contributed by atoms with Crippen LogP contribution in [0.1, 0.15) is 44.9 Å². The van der Waals surface area contributed by atoms with E-state index >= 15 is 0 Å². The minimum absolute atomic E-state index is 0.191. The van der Waals surface area contributed by atoms with Crippen molar-refractivity contribution in [2.45, 2.75) is 57.0 Å². The molecule has 2 saturated carbocycles. The van der Waals surface area contributed by atoms with Crippen molar-refractivity contribution in [3.05, 3.63) is 30.1 Å². The van der Waals surface area contributed by atoms with Crippen molar-refractivity contribution >= 4 is 11.6 Å². The van der Waals surface area contributed by atoms with E-state index in [1.807, 2.05) is 0 Å². The van der Waals surface area contributed by atoms with E-state index < -0.39 is 0 Å². The maximum atomic E-state index is 13.0. The average Bonchev–Trinajstić information content (AvgIpc) is 2.63. The highest BCUT2D eigenvalue weighted by molar-refractivity contribution is 5.79. The SMILES string of the molecule is O=C([C@H]1CC[C@H](Nc2ccc(F)cc2)CC1)N1CCN(C2CCC2)CC1. The Morgan fingerprint density at radius 1 is 0.923 bits per heavy atom. The lowest BCUT2D eigenvalue weighted by Gasteiger charge is -2.44. The first-order valence-corrected chi connectivity index (χ1v) is 10.2. The van der Waals surface area contributed by atoms with Crippen molar-refractivity contribution in [3.63, 3.8) is 0 Å². The van der Waals surface area contributed by atoms with Crippen LogP contribution in [0.15, 0.2) is 24.3 Å². The van der Waals surface area contributed by atoms with Crippen LogP contribution in [0.5, 0.6) is 0 Å². The summed E-state index contributed by atoms with van der Waals surface area (Å²) in [6.45, 7) is 3.92. The molecule has 4 rings (SSSR count). The highest BCUT2D eigenvalue weighted by Gasteiger charge is 2.33. The van der Waals surface area contributed by atoms with Gasteiger partial charge in [-0.1, -0.05) is 6.42 Å². The molecule has 142 valence electrons. The lowest BCUT2D eigenvalue weighted by atomic mass is 9.84. The van der Waals surface area contributed by atoms with E-state index in [1.54, 1.807) is 12.1 Å². The molecule has 1 amide bonds. The number of nitrogens with zero attached hydrogens (tertiary/aromatic N) is 2. The second-order valence-electron chi connectivity index (χ2n) is 8.15. The smallest absolute Gasteiger partial charge is 0.225 e. The van der Waals surface area contributed by atoms with Crippen molar-refractivity contribution in [1.29, 1.82) is 0 Å². The van der Waals surface area contributed by atoms with Crippen LogP contribution in [0.4, 0.5) is 10.1 Å². The maximum Gasteiger partial charge on any atom is 0.225 e. The molecule has 0 spiro atoms. The molecule has 1 heterocycles. The molecule has 1 aromatic carbocycles. The van der Waals surface area contributed by atoms with Gasteiger partial charge in [-0.05, 0) is 62.8 Å². The van der Waals surface area contributed by atoms with Crippen LogP contribution in [0.2, 0.25) is 0 Å². The molecule has 2 aliphatic carbocycles. The van der Waals surface area contributed by atoms with Crippen LogP contribution in [0.3, 0.4) is 0 Å². The standard InChI is InChI=1S/C21H30FN3O/c22-17-6-10-19(11-7-17)23-18-8-4-16(5-9-18)21(26)25-14-12-24(13-15-25)20-2-1-3-20/h6-7,10-11,16,18,20,23H,1-5,8-9,12-15H2/t16-,18-. The summed E-state index contributed by atoms with van der Waals surface area (Å²) in [7, 11) is 0. The third-order valence-corrected chi connectivity index (χ3v) is 6.51. The Balaban J connectivity index is 1.21. The molecule has 5 heteroatoms. The summed E-state index contributed by atoms with van der Waals surface area (Å²) in [6, 6.07) is 7.73. The molecule has 3 aliphatic rings. The van der Waals surface area contributed by atoms with Gasteiger partial charge in [-0.15, -0.1) is 0 Å². The summed E-state index contributed by atoms with van der Waals surface area (Å²) in [4.78, 5) is 17.5. The number of nitrogens with one attached hydrogen (secondary N) is 1. The van der Waals surface area contributed by atoms with Crippen LogP contribution >= 0.6 is 0 Å². The molecule has 0 radical (unpaired) electrons. The summed E-state index contributed by atoms with van der Waals surface area (Å²) < 4.78 is 13.0. The second kappa shape index (κ2) is 7.95. The lowest BCUT2D eigenvalue weighted by molar-refractivity contribution is -0.139. The van der Waals surface area contributed by atoms with Gasteiger partial charge in [-0.25, -0.2) is 4.39 Å². The summed E-state index contributed by atoms with van der Waals surface area (Å²) in [5.74, 6) is 0.359. The Morgan fingerprint density at radius 2 is 1.58 bits per heavy atom. The van der Waals surface area contributed by atoms with Gasteiger partial charge in [0.2, 0.25) is 5.91 Å². The zero-order valence-corrected chi connectivity index (χ0v) is 15.5. The van der Waals surface area contributed by atoms with Gasteiger partial charge < -0.3 is 10.2 Å². The Bertz CT molecular complexity index is 600. The van der Waals surface area contributed by atoms with E-state index in [0.717, 1.165) is 63.6 Å². The molecule has 0 unspecified atom stereocenters. The van der Waals surface area contributed by atoms with Crippen LogP contribution in [-0.2, 0) is 4.79 Å². The van der Waals surface area contributed by atoms with E-state index in [4.69, 9.17) is 0 Å². The number of piperazine rings is 1. The fourth-order valence-electron chi connectivity index (χ4n) is 4.58. The summed E-state index contributed by atoms with van der Waals surface area (Å²) in [5.41, 5.74) is 0.966. The zero-order valence-electron chi connectivity index (χ0n) is 15.5. The van der Waals surface area contributed by atoms with E-state index in [2.05, 4.69) is 15.1 Å². The number of halogens is 1. The third-order valence-electron chi connectivity index (χ3n) is 6.51. The molecule has 3 fully saturated rings. The predicted octanol–water partition coefficient (Wildman–Crippen LogP) is 3.49. The van der Waals surface area contributed by atoms with E-state index in [9.17, 15) is 9.18 Å². The van der Waals surface area contributed by atoms with E-state index in [1.165, 1.54) is 31.4 Å². The second-order valence-corrected chi connectivity index (χ2v) is 8.15. The monoisotopic (exact) mass is 359 g/mol. The minimum Gasteiger partial charge on any atom is -0.382 e.